The molecule has 2 saturated heterocycles. The summed E-state index contributed by atoms with van der Waals surface area (Å²) in [6, 6.07) is 5.80. The molecule has 0 radical (unpaired) electrons. The molecule has 0 aromatic carbocycles. The molecule has 0 unspecified atom stereocenters. The van der Waals surface area contributed by atoms with Crippen molar-refractivity contribution in [2.75, 3.05) is 64.1 Å². The Balaban J connectivity index is 1.41. The minimum absolute atomic E-state index is 0.300. The Morgan fingerprint density at radius 1 is 1.14 bits per heavy atom. The highest BCUT2D eigenvalue weighted by molar-refractivity contribution is 7.89. The summed E-state index contributed by atoms with van der Waals surface area (Å²) in [5.41, 5.74) is 7.51. The minimum atomic E-state index is -3.21. The summed E-state index contributed by atoms with van der Waals surface area (Å²) in [6.45, 7) is 5.21. The zero-order valence-corrected chi connectivity index (χ0v) is 21.7. The van der Waals surface area contributed by atoms with Crippen molar-refractivity contribution >= 4 is 43.2 Å². The lowest BCUT2D eigenvalue weighted by Gasteiger charge is -2.32. The van der Waals surface area contributed by atoms with Gasteiger partial charge in [0.25, 0.3) is 0 Å². The number of nitrogen functional groups attached to an aromatic ring is 1. The summed E-state index contributed by atoms with van der Waals surface area (Å²) < 4.78 is 33.0. The number of ether oxygens (including phenoxy) is 1. The van der Waals surface area contributed by atoms with E-state index in [1.54, 1.807) is 37.7 Å². The number of morpholine rings is 1. The van der Waals surface area contributed by atoms with Gasteiger partial charge >= 0.3 is 0 Å². The average molecular weight is 518 g/mol. The molecule has 2 aliphatic heterocycles. The molecular formula is C23H31N7O3S2. The number of likely N-dealkylation sites (tertiary alicyclic amines) is 1. The van der Waals surface area contributed by atoms with Crippen LogP contribution in [-0.4, -0.2) is 91.3 Å². The largest absolute Gasteiger partial charge is 0.384 e. The highest BCUT2D eigenvalue weighted by Gasteiger charge is 2.31. The van der Waals surface area contributed by atoms with Crippen molar-refractivity contribution in [3.05, 3.63) is 29.3 Å². The Bertz CT molecular complexity index is 1280. The van der Waals surface area contributed by atoms with Gasteiger partial charge in [-0.3, -0.25) is 4.90 Å². The number of nitrogens with zero attached hydrogens (tertiary/aromatic N) is 6. The Hall–Kier alpha value is -2.38. The average Bonchev–Trinajstić information content (AvgIpc) is 3.27. The third-order valence-corrected chi connectivity index (χ3v) is 10.0. The fraction of sp³-hybridized carbons (Fsp3) is 0.522. The first kappa shape index (κ1) is 24.3. The maximum atomic E-state index is 12.5. The van der Waals surface area contributed by atoms with Gasteiger partial charge in [-0.25, -0.2) is 27.7 Å². The molecule has 2 N–H and O–H groups in total. The predicted octanol–water partition coefficient (Wildman–Crippen LogP) is 2.03. The quantitative estimate of drug-likeness (QED) is 0.524. The molecule has 0 bridgehead atoms. The molecule has 12 heteroatoms. The summed E-state index contributed by atoms with van der Waals surface area (Å²) in [4.78, 5) is 19.8. The van der Waals surface area contributed by atoms with E-state index in [0.29, 0.717) is 37.7 Å². The van der Waals surface area contributed by atoms with Gasteiger partial charge in [0.15, 0.2) is 11.6 Å². The Morgan fingerprint density at radius 3 is 2.54 bits per heavy atom. The monoisotopic (exact) mass is 517 g/mol. The second-order valence-corrected chi connectivity index (χ2v) is 12.7. The van der Waals surface area contributed by atoms with Gasteiger partial charge in [-0.2, -0.15) is 0 Å². The van der Waals surface area contributed by atoms with Crippen molar-refractivity contribution in [2.24, 2.45) is 0 Å². The Kier molecular flexibility index (Phi) is 6.91. The first-order valence-electron chi connectivity index (χ1n) is 11.8. The summed E-state index contributed by atoms with van der Waals surface area (Å²) in [5, 5.41) is -0.300. The van der Waals surface area contributed by atoms with Crippen LogP contribution < -0.4 is 10.6 Å². The highest BCUT2D eigenvalue weighted by atomic mass is 32.2. The number of nitrogens with two attached hydrogens (primary N) is 1. The molecule has 5 rings (SSSR count). The smallest absolute Gasteiger partial charge is 0.216 e. The molecule has 0 aliphatic carbocycles. The maximum Gasteiger partial charge on any atom is 0.216 e. The maximum absolute atomic E-state index is 12.5. The van der Waals surface area contributed by atoms with Crippen molar-refractivity contribution in [3.8, 4) is 11.4 Å². The zero-order valence-electron chi connectivity index (χ0n) is 20.1. The minimum Gasteiger partial charge on any atom is -0.384 e. The van der Waals surface area contributed by atoms with Crippen LogP contribution in [0.25, 0.3) is 21.6 Å². The van der Waals surface area contributed by atoms with E-state index >= 15 is 0 Å². The molecule has 10 nitrogen and oxygen atoms in total. The fourth-order valence-corrected chi connectivity index (χ4v) is 7.14. The molecule has 2 aliphatic rings. The first-order chi connectivity index (χ1) is 16.8. The Labute approximate surface area is 209 Å². The standard InChI is InChI=1S/C23H31N7O3S2/c1-28(2)35(31,32)18-5-7-29(8-6-18)15-17-13-19-21(34-17)23(30-9-11-33-12-10-30)27-22(26-19)16-3-4-20(24)25-14-16/h3-4,13-14,18H,5-12,15H2,1-2H3,(H2,24,25). The number of hydrogen-bond acceptors (Lipinski definition) is 10. The molecule has 188 valence electrons. The first-order valence-corrected chi connectivity index (χ1v) is 14.1. The van der Waals surface area contributed by atoms with Gasteiger partial charge in [0.1, 0.15) is 5.82 Å². The molecule has 0 spiro atoms. The topological polar surface area (TPSA) is 118 Å². The zero-order chi connectivity index (χ0) is 24.6. The number of thiophene rings is 1. The van der Waals surface area contributed by atoms with Crippen molar-refractivity contribution in [3.63, 3.8) is 0 Å². The van der Waals surface area contributed by atoms with Crippen LogP contribution in [-0.2, 0) is 21.3 Å². The SMILES string of the molecule is CN(C)S(=O)(=O)C1CCN(Cc2cc3nc(-c4ccc(N)nc4)nc(N4CCOCC4)c3s2)CC1. The van der Waals surface area contributed by atoms with E-state index in [0.717, 1.165) is 54.3 Å². The molecule has 3 aromatic heterocycles. The van der Waals surface area contributed by atoms with Gasteiger partial charge in [0.05, 0.1) is 28.7 Å². The lowest BCUT2D eigenvalue weighted by atomic mass is 10.1. The number of sulfonamides is 1. The van der Waals surface area contributed by atoms with E-state index in [-0.39, 0.29) is 5.25 Å². The lowest BCUT2D eigenvalue weighted by molar-refractivity contribution is 0.122. The van der Waals surface area contributed by atoms with Gasteiger partial charge in [0, 0.05) is 50.4 Å². The summed E-state index contributed by atoms with van der Waals surface area (Å²) in [5.74, 6) is 2.02. The van der Waals surface area contributed by atoms with Gasteiger partial charge in [-0.1, -0.05) is 0 Å². The van der Waals surface area contributed by atoms with Gasteiger partial charge < -0.3 is 15.4 Å². The van der Waals surface area contributed by atoms with Crippen LogP contribution in [0.1, 0.15) is 17.7 Å². The number of rotatable bonds is 6. The normalized spacial score (nSPS) is 18.5. The molecule has 0 atom stereocenters. The van der Waals surface area contributed by atoms with Crippen LogP contribution in [0.5, 0.6) is 0 Å². The van der Waals surface area contributed by atoms with Gasteiger partial charge in [-0.15, -0.1) is 11.3 Å². The second-order valence-electron chi connectivity index (χ2n) is 9.17. The van der Waals surface area contributed by atoms with Crippen molar-refractivity contribution in [2.45, 2.75) is 24.6 Å². The van der Waals surface area contributed by atoms with Crippen molar-refractivity contribution in [1.82, 2.24) is 24.2 Å². The molecule has 0 saturated carbocycles. The third kappa shape index (κ3) is 5.12. The third-order valence-electron chi connectivity index (χ3n) is 6.60. The van der Waals surface area contributed by atoms with E-state index in [9.17, 15) is 8.42 Å². The fourth-order valence-electron chi connectivity index (χ4n) is 4.58. The second kappa shape index (κ2) is 9.94. The Morgan fingerprint density at radius 2 is 1.89 bits per heavy atom. The lowest BCUT2D eigenvalue weighted by Crippen LogP contribution is -2.42. The number of pyridine rings is 1. The number of hydrogen-bond donors (Lipinski definition) is 1. The van der Waals surface area contributed by atoms with Crippen LogP contribution in [0.15, 0.2) is 24.4 Å². The van der Waals surface area contributed by atoms with Crippen LogP contribution >= 0.6 is 11.3 Å². The van der Waals surface area contributed by atoms with Crippen LogP contribution in [0.2, 0.25) is 0 Å². The summed E-state index contributed by atoms with van der Waals surface area (Å²) in [7, 11) is 0.0173. The summed E-state index contributed by atoms with van der Waals surface area (Å²) >= 11 is 1.72. The van der Waals surface area contributed by atoms with Gasteiger partial charge in [-0.05, 0) is 44.1 Å². The van der Waals surface area contributed by atoms with Crippen LogP contribution in [0.4, 0.5) is 11.6 Å². The van der Waals surface area contributed by atoms with E-state index in [1.807, 2.05) is 6.07 Å². The molecule has 35 heavy (non-hydrogen) atoms. The number of aromatic nitrogens is 3. The van der Waals surface area contributed by atoms with Crippen molar-refractivity contribution < 1.29 is 13.2 Å². The van der Waals surface area contributed by atoms with Crippen LogP contribution in [0.3, 0.4) is 0 Å². The predicted molar refractivity (Wildman–Crippen MR) is 139 cm³/mol. The molecule has 0 amide bonds. The highest BCUT2D eigenvalue weighted by Crippen LogP contribution is 2.35. The van der Waals surface area contributed by atoms with E-state index in [4.69, 9.17) is 20.4 Å². The molecule has 2 fully saturated rings. The van der Waals surface area contributed by atoms with Gasteiger partial charge in [0.2, 0.25) is 10.0 Å². The number of piperidine rings is 1. The molecule has 5 heterocycles. The van der Waals surface area contributed by atoms with E-state index in [2.05, 4.69) is 20.9 Å². The van der Waals surface area contributed by atoms with Crippen molar-refractivity contribution in [1.29, 1.82) is 0 Å². The number of anilines is 2. The summed E-state index contributed by atoms with van der Waals surface area (Å²) in [6.07, 6.45) is 3.01. The number of fused-ring (bicyclic) bond motifs is 1. The van der Waals surface area contributed by atoms with E-state index in [1.165, 1.54) is 9.18 Å². The molecular weight excluding hydrogens is 486 g/mol. The van der Waals surface area contributed by atoms with Crippen LogP contribution in [0, 0.1) is 0 Å². The van der Waals surface area contributed by atoms with E-state index < -0.39 is 10.0 Å². The molecule has 3 aromatic rings.